The summed E-state index contributed by atoms with van der Waals surface area (Å²) in [5, 5.41) is 0. The van der Waals surface area contributed by atoms with Gasteiger partial charge in [0, 0.05) is 19.8 Å². The summed E-state index contributed by atoms with van der Waals surface area (Å²) in [6.07, 6.45) is 0. The highest BCUT2D eigenvalue weighted by molar-refractivity contribution is 7.85. The van der Waals surface area contributed by atoms with Crippen molar-refractivity contribution in [1.29, 1.82) is 0 Å². The van der Waals surface area contributed by atoms with Crippen LogP contribution in [0.4, 0.5) is 0 Å². The monoisotopic (exact) mass is 376 g/mol. The molecule has 11 heteroatoms. The van der Waals surface area contributed by atoms with Crippen molar-refractivity contribution in [3.63, 3.8) is 0 Å². The van der Waals surface area contributed by atoms with Crippen LogP contribution in [0.3, 0.4) is 0 Å². The molecule has 0 aromatic rings. The summed E-state index contributed by atoms with van der Waals surface area (Å²) in [6.45, 7) is 7.76. The Morgan fingerprint density at radius 1 is 0.739 bits per heavy atom. The highest BCUT2D eigenvalue weighted by atomic mass is 32.2. The van der Waals surface area contributed by atoms with Gasteiger partial charge in [-0.1, -0.05) is 0 Å². The second-order valence-corrected chi connectivity index (χ2v) is 7.89. The van der Waals surface area contributed by atoms with Crippen molar-refractivity contribution in [3.05, 3.63) is 0 Å². The number of rotatable bonds is 16. The van der Waals surface area contributed by atoms with Gasteiger partial charge in [-0.25, -0.2) is 0 Å². The fraction of sp³-hybridized carbons (Fsp3) is 1.00. The van der Waals surface area contributed by atoms with Gasteiger partial charge in [0.1, 0.15) is 0 Å². The standard InChI is InChI=1S/C12H28O9SSi/c1-4-18-23(19-5-2,20-6-3)21-10-9-16-7-8-17-11-12-22(13,14)15/h4-12H2,1-3H3,(H,13,14,15). The second-order valence-electron chi connectivity index (χ2n) is 4.16. The van der Waals surface area contributed by atoms with Gasteiger partial charge >= 0.3 is 9.05 Å². The molecule has 0 atom stereocenters. The SMILES string of the molecule is CCO[Si](OCC)(OCC)OCCOCCOCCS(=O)(=O)O. The van der Waals surface area contributed by atoms with Crippen molar-refractivity contribution in [2.45, 2.75) is 20.8 Å². The topological polar surface area (TPSA) is 110 Å². The number of hydrogen-bond donors (Lipinski definition) is 1. The summed E-state index contributed by atoms with van der Waals surface area (Å²) in [5.41, 5.74) is 0. The Morgan fingerprint density at radius 3 is 1.61 bits per heavy atom. The van der Waals surface area contributed by atoms with E-state index < -0.39 is 24.9 Å². The molecule has 0 aliphatic carbocycles. The zero-order valence-electron chi connectivity index (χ0n) is 14.0. The van der Waals surface area contributed by atoms with E-state index in [1.807, 2.05) is 20.8 Å². The van der Waals surface area contributed by atoms with Crippen molar-refractivity contribution in [1.82, 2.24) is 0 Å². The van der Waals surface area contributed by atoms with E-state index in [1.54, 1.807) is 0 Å². The maximum absolute atomic E-state index is 10.5. The van der Waals surface area contributed by atoms with Crippen LogP contribution in [-0.4, -0.2) is 80.6 Å². The van der Waals surface area contributed by atoms with Gasteiger partial charge in [-0.2, -0.15) is 8.42 Å². The largest absolute Gasteiger partial charge is 0.679 e. The molecule has 0 spiro atoms. The summed E-state index contributed by atoms with van der Waals surface area (Å²) in [6, 6.07) is 0. The predicted octanol–water partition coefficient (Wildman–Crippen LogP) is 0.469. The Morgan fingerprint density at radius 2 is 1.17 bits per heavy atom. The molecule has 0 heterocycles. The van der Waals surface area contributed by atoms with Gasteiger partial charge in [0.25, 0.3) is 10.1 Å². The summed E-state index contributed by atoms with van der Waals surface area (Å²) in [5.74, 6) is -0.429. The molecule has 1 N–H and O–H groups in total. The fourth-order valence-corrected chi connectivity index (χ4v) is 3.71. The molecular formula is C12H28O9SSi. The maximum atomic E-state index is 10.5. The Labute approximate surface area is 139 Å². The summed E-state index contributed by atoms with van der Waals surface area (Å²) < 4.78 is 61.9. The van der Waals surface area contributed by atoms with Crippen LogP contribution < -0.4 is 0 Å². The van der Waals surface area contributed by atoms with Crippen molar-refractivity contribution in [2.75, 3.05) is 58.6 Å². The molecule has 0 fully saturated rings. The summed E-state index contributed by atoms with van der Waals surface area (Å²) >= 11 is 0. The van der Waals surface area contributed by atoms with Crippen LogP contribution in [0.5, 0.6) is 0 Å². The fourth-order valence-electron chi connectivity index (χ4n) is 1.49. The smallest absolute Gasteiger partial charge is 0.378 e. The van der Waals surface area contributed by atoms with Gasteiger partial charge in [0.05, 0.1) is 38.8 Å². The van der Waals surface area contributed by atoms with Crippen molar-refractivity contribution >= 4 is 19.2 Å². The first kappa shape index (κ1) is 22.9. The van der Waals surface area contributed by atoms with Crippen LogP contribution in [0, 0.1) is 0 Å². The third-order valence-corrected chi connectivity index (χ3v) is 5.49. The molecule has 0 saturated heterocycles. The molecule has 0 rings (SSSR count). The molecule has 140 valence electrons. The minimum atomic E-state index is -3.98. The lowest BCUT2D eigenvalue weighted by molar-refractivity contribution is -0.0424. The molecule has 0 aromatic heterocycles. The molecule has 23 heavy (non-hydrogen) atoms. The van der Waals surface area contributed by atoms with Crippen LogP contribution in [0.25, 0.3) is 0 Å². The van der Waals surface area contributed by atoms with E-state index in [0.717, 1.165) is 0 Å². The van der Waals surface area contributed by atoms with Gasteiger partial charge < -0.3 is 27.2 Å². The normalized spacial score (nSPS) is 12.7. The van der Waals surface area contributed by atoms with E-state index in [-0.39, 0.29) is 26.4 Å². The molecule has 0 aliphatic rings. The van der Waals surface area contributed by atoms with E-state index in [4.69, 9.17) is 31.7 Å². The molecule has 9 nitrogen and oxygen atoms in total. The van der Waals surface area contributed by atoms with Gasteiger partial charge in [0.2, 0.25) is 0 Å². The third-order valence-electron chi connectivity index (χ3n) is 2.33. The Kier molecular flexibility index (Phi) is 13.1. The van der Waals surface area contributed by atoms with Crippen molar-refractivity contribution < 1.29 is 40.1 Å². The summed E-state index contributed by atoms with van der Waals surface area (Å²) in [4.78, 5) is 0. The van der Waals surface area contributed by atoms with Crippen molar-refractivity contribution in [3.8, 4) is 0 Å². The average molecular weight is 377 g/mol. The first-order valence-electron chi connectivity index (χ1n) is 7.55. The molecule has 0 bridgehead atoms. The predicted molar refractivity (Wildman–Crippen MR) is 84.6 cm³/mol. The van der Waals surface area contributed by atoms with Gasteiger partial charge in [-0.3, -0.25) is 4.55 Å². The summed E-state index contributed by atoms with van der Waals surface area (Å²) in [7, 11) is -7.08. The Balaban J connectivity index is 3.81. The van der Waals surface area contributed by atoms with Gasteiger partial charge in [-0.05, 0) is 20.8 Å². The molecule has 0 aromatic carbocycles. The minimum Gasteiger partial charge on any atom is -0.378 e. The first-order chi connectivity index (χ1) is 10.9. The minimum absolute atomic E-state index is 0.0757. The van der Waals surface area contributed by atoms with E-state index in [1.165, 1.54) is 0 Å². The maximum Gasteiger partial charge on any atom is 0.679 e. The van der Waals surface area contributed by atoms with E-state index in [0.29, 0.717) is 26.4 Å². The number of hydrogen-bond acceptors (Lipinski definition) is 8. The molecule has 0 radical (unpaired) electrons. The van der Waals surface area contributed by atoms with Crippen LogP contribution in [0.15, 0.2) is 0 Å². The lowest BCUT2D eigenvalue weighted by Crippen LogP contribution is -2.50. The molecule has 0 amide bonds. The lowest BCUT2D eigenvalue weighted by Gasteiger charge is -2.26. The zero-order valence-corrected chi connectivity index (χ0v) is 15.8. The highest BCUT2D eigenvalue weighted by Crippen LogP contribution is 2.11. The van der Waals surface area contributed by atoms with E-state index >= 15 is 0 Å². The molecule has 0 saturated carbocycles. The van der Waals surface area contributed by atoms with Crippen LogP contribution in [-0.2, 0) is 37.3 Å². The highest BCUT2D eigenvalue weighted by Gasteiger charge is 2.44. The van der Waals surface area contributed by atoms with Crippen LogP contribution in [0.2, 0.25) is 0 Å². The van der Waals surface area contributed by atoms with E-state index in [9.17, 15) is 8.42 Å². The first-order valence-corrected chi connectivity index (χ1v) is 10.8. The third kappa shape index (κ3) is 12.9. The second kappa shape index (κ2) is 13.2. The molecule has 0 aliphatic heterocycles. The van der Waals surface area contributed by atoms with E-state index in [2.05, 4.69) is 0 Å². The Hall–Kier alpha value is -0.113. The van der Waals surface area contributed by atoms with Crippen LogP contribution in [0.1, 0.15) is 20.8 Å². The number of ether oxygens (including phenoxy) is 2. The van der Waals surface area contributed by atoms with Crippen LogP contribution >= 0.6 is 0 Å². The zero-order chi connectivity index (χ0) is 17.6. The Bertz CT molecular complexity index is 360. The quantitative estimate of drug-likeness (QED) is 0.233. The molecule has 0 unspecified atom stereocenters. The van der Waals surface area contributed by atoms with Gasteiger partial charge in [-0.15, -0.1) is 0 Å². The molecular weight excluding hydrogens is 348 g/mol. The van der Waals surface area contributed by atoms with Crippen molar-refractivity contribution in [2.24, 2.45) is 0 Å². The average Bonchev–Trinajstić information content (AvgIpc) is 2.45. The lowest BCUT2D eigenvalue weighted by atomic mass is 10.7. The van der Waals surface area contributed by atoms with Gasteiger partial charge in [0.15, 0.2) is 0 Å².